The van der Waals surface area contributed by atoms with Gasteiger partial charge in [-0.1, -0.05) is 18.6 Å². The SMILES string of the molecule is CC(=O)NCCCCCC(=O)Nc1cccc(CO)c1. The molecule has 1 aromatic rings. The Labute approximate surface area is 119 Å². The lowest BCUT2D eigenvalue weighted by molar-refractivity contribution is -0.119. The zero-order valence-corrected chi connectivity index (χ0v) is 11.8. The molecule has 0 saturated heterocycles. The Bertz CT molecular complexity index is 446. The molecule has 0 spiro atoms. The van der Waals surface area contributed by atoms with E-state index >= 15 is 0 Å². The van der Waals surface area contributed by atoms with Crippen molar-refractivity contribution >= 4 is 17.5 Å². The second-order valence-electron chi connectivity index (χ2n) is 4.70. The summed E-state index contributed by atoms with van der Waals surface area (Å²) in [7, 11) is 0. The third-order valence-electron chi connectivity index (χ3n) is 2.85. The smallest absolute Gasteiger partial charge is 0.224 e. The second kappa shape index (κ2) is 9.09. The average molecular weight is 278 g/mol. The highest BCUT2D eigenvalue weighted by Gasteiger charge is 2.03. The van der Waals surface area contributed by atoms with Crippen molar-refractivity contribution < 1.29 is 14.7 Å². The summed E-state index contributed by atoms with van der Waals surface area (Å²) in [5.74, 6) is -0.0499. The van der Waals surface area contributed by atoms with Crippen molar-refractivity contribution in [3.05, 3.63) is 29.8 Å². The minimum Gasteiger partial charge on any atom is -0.392 e. The predicted octanol–water partition coefficient (Wildman–Crippen LogP) is 1.81. The summed E-state index contributed by atoms with van der Waals surface area (Å²) in [6.07, 6.45) is 3.05. The van der Waals surface area contributed by atoms with Gasteiger partial charge < -0.3 is 15.7 Å². The number of rotatable bonds is 8. The Kier molecular flexibility index (Phi) is 7.35. The molecule has 0 radical (unpaired) electrons. The van der Waals surface area contributed by atoms with Gasteiger partial charge in [-0.3, -0.25) is 9.59 Å². The topological polar surface area (TPSA) is 78.4 Å². The van der Waals surface area contributed by atoms with Gasteiger partial charge in [0.05, 0.1) is 6.61 Å². The molecule has 1 aromatic carbocycles. The Morgan fingerprint density at radius 2 is 2.00 bits per heavy atom. The van der Waals surface area contributed by atoms with E-state index in [1.165, 1.54) is 6.92 Å². The van der Waals surface area contributed by atoms with Crippen LogP contribution in [0.1, 0.15) is 38.2 Å². The fraction of sp³-hybridized carbons (Fsp3) is 0.467. The molecule has 2 amide bonds. The van der Waals surface area contributed by atoms with Crippen LogP contribution in [0.3, 0.4) is 0 Å². The highest BCUT2D eigenvalue weighted by atomic mass is 16.3. The van der Waals surface area contributed by atoms with Crippen LogP contribution in [0.5, 0.6) is 0 Å². The van der Waals surface area contributed by atoms with E-state index in [9.17, 15) is 9.59 Å². The molecule has 0 fully saturated rings. The normalized spacial score (nSPS) is 10.1. The molecule has 0 aliphatic carbocycles. The van der Waals surface area contributed by atoms with Gasteiger partial charge in [-0.05, 0) is 30.5 Å². The third-order valence-corrected chi connectivity index (χ3v) is 2.85. The van der Waals surface area contributed by atoms with Crippen molar-refractivity contribution in [3.8, 4) is 0 Å². The number of nitrogens with one attached hydrogen (secondary N) is 2. The minimum atomic E-state index is -0.0349. The first kappa shape index (κ1) is 16.2. The van der Waals surface area contributed by atoms with Crippen LogP contribution in [0.4, 0.5) is 5.69 Å². The number of aliphatic hydroxyl groups excluding tert-OH is 1. The number of benzene rings is 1. The number of amides is 2. The summed E-state index contributed by atoms with van der Waals surface area (Å²) in [5, 5.41) is 14.5. The van der Waals surface area contributed by atoms with Gasteiger partial charge in [-0.2, -0.15) is 0 Å². The lowest BCUT2D eigenvalue weighted by atomic mass is 10.1. The van der Waals surface area contributed by atoms with Crippen LogP contribution in [0, 0.1) is 0 Å². The standard InChI is InChI=1S/C15H22N2O3/c1-12(19)16-9-4-2-3-8-15(20)17-14-7-5-6-13(10-14)11-18/h5-7,10,18H,2-4,8-9,11H2,1H3,(H,16,19)(H,17,20). The van der Waals surface area contributed by atoms with Gasteiger partial charge in [0.15, 0.2) is 0 Å². The van der Waals surface area contributed by atoms with E-state index in [0.29, 0.717) is 18.7 Å². The number of hydrogen-bond acceptors (Lipinski definition) is 3. The quantitative estimate of drug-likeness (QED) is 0.635. The number of aliphatic hydroxyl groups is 1. The molecule has 0 aliphatic heterocycles. The van der Waals surface area contributed by atoms with Crippen LogP contribution < -0.4 is 10.6 Å². The summed E-state index contributed by atoms with van der Waals surface area (Å²) in [4.78, 5) is 22.4. The van der Waals surface area contributed by atoms with Crippen LogP contribution >= 0.6 is 0 Å². The summed E-state index contributed by atoms with van der Waals surface area (Å²) in [5.41, 5.74) is 1.48. The van der Waals surface area contributed by atoms with Gasteiger partial charge in [-0.15, -0.1) is 0 Å². The fourth-order valence-electron chi connectivity index (χ4n) is 1.82. The molecule has 0 bridgehead atoms. The maximum absolute atomic E-state index is 11.7. The number of anilines is 1. The Hall–Kier alpha value is -1.88. The maximum atomic E-state index is 11.7. The van der Waals surface area contributed by atoms with Crippen molar-refractivity contribution in [2.75, 3.05) is 11.9 Å². The zero-order chi connectivity index (χ0) is 14.8. The first-order valence-electron chi connectivity index (χ1n) is 6.86. The number of carbonyl (C=O) groups excluding carboxylic acids is 2. The van der Waals surface area contributed by atoms with Gasteiger partial charge in [0, 0.05) is 25.6 Å². The van der Waals surface area contributed by atoms with Crippen molar-refractivity contribution in [1.82, 2.24) is 5.32 Å². The molecule has 1 rings (SSSR count). The monoisotopic (exact) mass is 278 g/mol. The molecule has 5 nitrogen and oxygen atoms in total. The largest absolute Gasteiger partial charge is 0.392 e. The van der Waals surface area contributed by atoms with Crippen LogP contribution in [0.2, 0.25) is 0 Å². The zero-order valence-electron chi connectivity index (χ0n) is 11.8. The second-order valence-corrected chi connectivity index (χ2v) is 4.70. The molecule has 0 saturated carbocycles. The van der Waals surface area contributed by atoms with E-state index in [0.717, 1.165) is 24.8 Å². The summed E-state index contributed by atoms with van der Waals surface area (Å²) >= 11 is 0. The molecule has 0 atom stereocenters. The number of unbranched alkanes of at least 4 members (excludes halogenated alkanes) is 2. The molecule has 0 heterocycles. The van der Waals surface area contributed by atoms with E-state index in [-0.39, 0.29) is 18.4 Å². The summed E-state index contributed by atoms with van der Waals surface area (Å²) in [6.45, 7) is 2.12. The van der Waals surface area contributed by atoms with Crippen molar-refractivity contribution in [2.45, 2.75) is 39.2 Å². The molecule has 3 N–H and O–H groups in total. The van der Waals surface area contributed by atoms with Crippen molar-refractivity contribution in [1.29, 1.82) is 0 Å². The van der Waals surface area contributed by atoms with Crippen molar-refractivity contribution in [2.24, 2.45) is 0 Å². The van der Waals surface area contributed by atoms with Gasteiger partial charge >= 0.3 is 0 Å². The molecule has 5 heteroatoms. The van der Waals surface area contributed by atoms with Gasteiger partial charge in [0.2, 0.25) is 11.8 Å². The highest BCUT2D eigenvalue weighted by molar-refractivity contribution is 5.90. The Morgan fingerprint density at radius 3 is 2.70 bits per heavy atom. The van der Waals surface area contributed by atoms with E-state index in [1.807, 2.05) is 0 Å². The fourth-order valence-corrected chi connectivity index (χ4v) is 1.82. The number of carbonyl (C=O) groups is 2. The van der Waals surface area contributed by atoms with E-state index in [2.05, 4.69) is 10.6 Å². The average Bonchev–Trinajstić information content (AvgIpc) is 2.42. The van der Waals surface area contributed by atoms with Crippen LogP contribution in [-0.4, -0.2) is 23.5 Å². The molecule has 0 aromatic heterocycles. The summed E-state index contributed by atoms with van der Waals surface area (Å²) < 4.78 is 0. The van der Waals surface area contributed by atoms with Gasteiger partial charge in [0.25, 0.3) is 0 Å². The van der Waals surface area contributed by atoms with Crippen LogP contribution in [-0.2, 0) is 16.2 Å². The predicted molar refractivity (Wildman–Crippen MR) is 78.1 cm³/mol. The first-order valence-corrected chi connectivity index (χ1v) is 6.86. The first-order chi connectivity index (χ1) is 9.61. The third kappa shape index (κ3) is 6.89. The molecule has 0 unspecified atom stereocenters. The minimum absolute atomic E-state index is 0.0218. The van der Waals surface area contributed by atoms with Gasteiger partial charge in [0.1, 0.15) is 0 Å². The Morgan fingerprint density at radius 1 is 1.20 bits per heavy atom. The highest BCUT2D eigenvalue weighted by Crippen LogP contribution is 2.11. The number of hydrogen-bond donors (Lipinski definition) is 3. The molecule has 0 aliphatic rings. The maximum Gasteiger partial charge on any atom is 0.224 e. The summed E-state index contributed by atoms with van der Waals surface area (Å²) in [6, 6.07) is 7.16. The molecule has 110 valence electrons. The van der Waals surface area contributed by atoms with E-state index in [4.69, 9.17) is 5.11 Å². The lowest BCUT2D eigenvalue weighted by Crippen LogP contribution is -2.20. The van der Waals surface area contributed by atoms with E-state index in [1.54, 1.807) is 24.3 Å². The van der Waals surface area contributed by atoms with Crippen molar-refractivity contribution in [3.63, 3.8) is 0 Å². The van der Waals surface area contributed by atoms with E-state index < -0.39 is 0 Å². The Balaban J connectivity index is 2.18. The van der Waals surface area contributed by atoms with Crippen LogP contribution in [0.15, 0.2) is 24.3 Å². The molecular formula is C15H22N2O3. The lowest BCUT2D eigenvalue weighted by Gasteiger charge is -2.06. The molecule has 20 heavy (non-hydrogen) atoms. The van der Waals surface area contributed by atoms with Gasteiger partial charge in [-0.25, -0.2) is 0 Å². The molecular weight excluding hydrogens is 256 g/mol. The van der Waals surface area contributed by atoms with Crippen LogP contribution in [0.25, 0.3) is 0 Å².